The number of para-hydroxylation sites is 1. The van der Waals surface area contributed by atoms with E-state index in [-0.39, 0.29) is 11.6 Å². The topological polar surface area (TPSA) is 127 Å². The van der Waals surface area contributed by atoms with Crippen LogP contribution in [0, 0.1) is 17.0 Å². The molecule has 0 aliphatic rings. The van der Waals surface area contributed by atoms with Gasteiger partial charge in [-0.3, -0.25) is 10.1 Å². The van der Waals surface area contributed by atoms with E-state index in [2.05, 4.69) is 26.6 Å². The zero-order valence-corrected chi connectivity index (χ0v) is 24.6. The van der Waals surface area contributed by atoms with Crippen LogP contribution in [0.5, 0.6) is 5.75 Å². The third-order valence-electron chi connectivity index (χ3n) is 6.73. The molecule has 5 aromatic rings. The smallest absolute Gasteiger partial charge is 0.294 e. The number of anilines is 3. The summed E-state index contributed by atoms with van der Waals surface area (Å²) in [6.45, 7) is 3.24. The van der Waals surface area contributed by atoms with E-state index in [1.165, 1.54) is 24.5 Å². The molecule has 0 radical (unpaired) electrons. The Bertz CT molecular complexity index is 1730. The van der Waals surface area contributed by atoms with Gasteiger partial charge in [0.1, 0.15) is 16.4 Å². The van der Waals surface area contributed by atoms with Crippen LogP contribution in [-0.2, 0) is 7.05 Å². The number of hydrogen-bond donors (Lipinski definition) is 1. The maximum atomic E-state index is 12.1. The minimum Gasteiger partial charge on any atom is -0.494 e. The highest BCUT2D eigenvalue weighted by Crippen LogP contribution is 2.40. The molecule has 0 saturated heterocycles. The highest BCUT2D eigenvalue weighted by Gasteiger charge is 2.24. The van der Waals surface area contributed by atoms with Gasteiger partial charge in [0.15, 0.2) is 5.01 Å². The first-order chi connectivity index (χ1) is 19.7. The molecule has 2 aromatic carbocycles. The van der Waals surface area contributed by atoms with Gasteiger partial charge < -0.3 is 24.4 Å². The number of nitro groups is 1. The summed E-state index contributed by atoms with van der Waals surface area (Å²) in [6.07, 6.45) is 3.73. The number of nitrogens with zero attached hydrogens (tertiary/aromatic N) is 8. The van der Waals surface area contributed by atoms with Crippen molar-refractivity contribution in [3.63, 3.8) is 0 Å². The first-order valence-corrected chi connectivity index (χ1v) is 13.7. The fraction of sp³-hybridized carbons (Fsp3) is 0.286. The Hall–Kier alpha value is -4.62. The van der Waals surface area contributed by atoms with Crippen LogP contribution in [-0.4, -0.2) is 75.9 Å². The first-order valence-electron chi connectivity index (χ1n) is 12.9. The van der Waals surface area contributed by atoms with Crippen molar-refractivity contribution in [1.29, 1.82) is 0 Å². The number of fused-ring (bicyclic) bond motifs is 1. The number of likely N-dealkylation sites (N-methyl/N-ethyl adjacent to an activating group) is 2. The van der Waals surface area contributed by atoms with Gasteiger partial charge in [-0.1, -0.05) is 29.5 Å². The van der Waals surface area contributed by atoms with Crippen molar-refractivity contribution < 1.29 is 9.66 Å². The largest absolute Gasteiger partial charge is 0.494 e. The van der Waals surface area contributed by atoms with Crippen LogP contribution in [0.25, 0.3) is 32.7 Å². The number of aryl methyl sites for hydroxylation is 2. The minimum absolute atomic E-state index is 0.0511. The van der Waals surface area contributed by atoms with E-state index in [1.807, 2.05) is 73.9 Å². The lowest BCUT2D eigenvalue weighted by Crippen LogP contribution is -2.28. The molecular formula is C28H31N9O3S. The molecule has 0 amide bonds. The molecule has 1 N–H and O–H groups in total. The number of rotatable bonds is 10. The number of ether oxygens (including phenoxy) is 1. The lowest BCUT2D eigenvalue weighted by Gasteiger charge is -2.22. The van der Waals surface area contributed by atoms with Crippen LogP contribution in [0.15, 0.2) is 48.8 Å². The zero-order valence-electron chi connectivity index (χ0n) is 23.7. The Balaban J connectivity index is 1.60. The third kappa shape index (κ3) is 5.67. The van der Waals surface area contributed by atoms with E-state index in [9.17, 15) is 10.1 Å². The summed E-state index contributed by atoms with van der Waals surface area (Å²) in [6, 6.07) is 11.2. The van der Waals surface area contributed by atoms with Gasteiger partial charge in [-0.05, 0) is 27.1 Å². The quantitative estimate of drug-likeness (QED) is 0.178. The van der Waals surface area contributed by atoms with Crippen molar-refractivity contribution in [2.24, 2.45) is 7.05 Å². The van der Waals surface area contributed by atoms with Gasteiger partial charge in [0.05, 0.1) is 29.0 Å². The molecule has 3 heterocycles. The van der Waals surface area contributed by atoms with Gasteiger partial charge in [-0.2, -0.15) is 0 Å². The van der Waals surface area contributed by atoms with E-state index < -0.39 is 4.92 Å². The minimum atomic E-state index is -0.393. The van der Waals surface area contributed by atoms with Crippen LogP contribution < -0.4 is 15.0 Å². The highest BCUT2D eigenvalue weighted by atomic mass is 32.1. The molecule has 212 valence electrons. The summed E-state index contributed by atoms with van der Waals surface area (Å²) in [5, 5.41) is 26.3. The van der Waals surface area contributed by atoms with Gasteiger partial charge >= 0.3 is 0 Å². The van der Waals surface area contributed by atoms with Gasteiger partial charge in [0.25, 0.3) is 5.69 Å². The van der Waals surface area contributed by atoms with E-state index in [0.29, 0.717) is 34.4 Å². The van der Waals surface area contributed by atoms with Crippen LogP contribution in [0.3, 0.4) is 0 Å². The van der Waals surface area contributed by atoms with Crippen molar-refractivity contribution in [2.45, 2.75) is 6.92 Å². The molecule has 41 heavy (non-hydrogen) atoms. The standard InChI is InChI=1S/C28H31N9O3S/c1-17-32-33-27(41-17)19-15-29-28(31-26(19)20-16-36(5)22-10-8-7-9-18(20)22)30-21-13-24(37(38)39)23(14-25(21)40-6)35(4)12-11-34(2)3/h7-10,13-16H,11-12H2,1-6H3,(H,29,30,31). The normalized spacial score (nSPS) is 11.3. The number of hydrogen-bond acceptors (Lipinski definition) is 11. The number of nitrogens with one attached hydrogen (secondary N) is 1. The predicted molar refractivity (Wildman–Crippen MR) is 162 cm³/mol. The summed E-state index contributed by atoms with van der Waals surface area (Å²) in [5.74, 6) is 0.695. The molecule has 0 fully saturated rings. The first kappa shape index (κ1) is 27.9. The fourth-order valence-electron chi connectivity index (χ4n) is 4.61. The number of methoxy groups -OCH3 is 1. The molecule has 0 aliphatic heterocycles. The van der Waals surface area contributed by atoms with Crippen LogP contribution in [0.4, 0.5) is 23.0 Å². The second-order valence-corrected chi connectivity index (χ2v) is 11.1. The maximum Gasteiger partial charge on any atom is 0.294 e. The summed E-state index contributed by atoms with van der Waals surface area (Å²) in [7, 11) is 9.26. The van der Waals surface area contributed by atoms with Gasteiger partial charge in [-0.15, -0.1) is 10.2 Å². The lowest BCUT2D eigenvalue weighted by atomic mass is 10.1. The average Bonchev–Trinajstić information content (AvgIpc) is 3.54. The summed E-state index contributed by atoms with van der Waals surface area (Å²) in [4.78, 5) is 25.0. The molecule has 0 aliphatic carbocycles. The second kappa shape index (κ2) is 11.5. The molecule has 0 unspecified atom stereocenters. The Morgan fingerprint density at radius 1 is 1.12 bits per heavy atom. The van der Waals surface area contributed by atoms with Crippen LogP contribution in [0.2, 0.25) is 0 Å². The average molecular weight is 574 g/mol. The molecule has 0 saturated carbocycles. The highest BCUT2D eigenvalue weighted by molar-refractivity contribution is 7.14. The van der Waals surface area contributed by atoms with E-state index >= 15 is 0 Å². The van der Waals surface area contributed by atoms with E-state index in [1.54, 1.807) is 12.3 Å². The predicted octanol–water partition coefficient (Wildman–Crippen LogP) is 5.12. The number of nitro benzene ring substituents is 1. The molecule has 0 atom stereocenters. The number of benzene rings is 2. The molecule has 3 aromatic heterocycles. The summed E-state index contributed by atoms with van der Waals surface area (Å²) in [5.41, 5.74) is 4.17. The van der Waals surface area contributed by atoms with Crippen molar-refractivity contribution >= 4 is 45.3 Å². The zero-order chi connectivity index (χ0) is 29.3. The van der Waals surface area contributed by atoms with E-state index in [0.717, 1.165) is 33.6 Å². The Morgan fingerprint density at radius 2 is 1.90 bits per heavy atom. The van der Waals surface area contributed by atoms with Gasteiger partial charge in [-0.25, -0.2) is 9.97 Å². The molecule has 0 bridgehead atoms. The Morgan fingerprint density at radius 3 is 2.59 bits per heavy atom. The fourth-order valence-corrected chi connectivity index (χ4v) is 5.31. The molecule has 5 rings (SSSR count). The van der Waals surface area contributed by atoms with Crippen molar-refractivity contribution in [1.82, 2.24) is 29.6 Å². The Labute approximate surface area is 241 Å². The third-order valence-corrected chi connectivity index (χ3v) is 7.60. The van der Waals surface area contributed by atoms with Crippen molar-refractivity contribution in [2.75, 3.05) is 51.6 Å². The van der Waals surface area contributed by atoms with E-state index in [4.69, 9.17) is 9.72 Å². The molecule has 13 heteroatoms. The maximum absolute atomic E-state index is 12.1. The summed E-state index contributed by atoms with van der Waals surface area (Å²) >= 11 is 1.46. The monoisotopic (exact) mass is 573 g/mol. The Kier molecular flexibility index (Phi) is 7.81. The van der Waals surface area contributed by atoms with Gasteiger partial charge in [0, 0.05) is 68.2 Å². The lowest BCUT2D eigenvalue weighted by molar-refractivity contribution is -0.384. The second-order valence-electron chi connectivity index (χ2n) is 9.90. The molecular weight excluding hydrogens is 542 g/mol. The molecule has 0 spiro atoms. The van der Waals surface area contributed by atoms with Crippen molar-refractivity contribution in [3.05, 3.63) is 63.9 Å². The summed E-state index contributed by atoms with van der Waals surface area (Å²) < 4.78 is 7.69. The SMILES string of the molecule is COc1cc(N(C)CCN(C)C)c([N+](=O)[O-])cc1Nc1ncc(-c2nnc(C)s2)c(-c2cn(C)c3ccccc23)n1. The van der Waals surface area contributed by atoms with Crippen LogP contribution in [0.1, 0.15) is 5.01 Å². The van der Waals surface area contributed by atoms with Crippen LogP contribution >= 0.6 is 11.3 Å². The van der Waals surface area contributed by atoms with Crippen molar-refractivity contribution in [3.8, 4) is 27.6 Å². The number of aromatic nitrogens is 5. The van der Waals surface area contributed by atoms with Gasteiger partial charge in [0.2, 0.25) is 5.95 Å². The molecule has 12 nitrogen and oxygen atoms in total.